The highest BCUT2D eigenvalue weighted by atomic mass is 35.5. The van der Waals surface area contributed by atoms with Crippen molar-refractivity contribution in [2.45, 2.75) is 17.0 Å². The third-order valence-electron chi connectivity index (χ3n) is 4.85. The third kappa shape index (κ3) is 4.19. The van der Waals surface area contributed by atoms with Gasteiger partial charge in [0.2, 0.25) is 26.0 Å². The van der Waals surface area contributed by atoms with Crippen molar-refractivity contribution in [2.75, 3.05) is 46.1 Å². The van der Waals surface area contributed by atoms with Crippen LogP contribution in [0.4, 0.5) is 0 Å². The Balaban J connectivity index is 1.90. The highest BCUT2D eigenvalue weighted by Gasteiger charge is 2.48. The molecule has 0 aliphatic carbocycles. The lowest BCUT2D eigenvalue weighted by atomic mass is 10.2. The van der Waals surface area contributed by atoms with Crippen LogP contribution < -0.4 is 0 Å². The van der Waals surface area contributed by atoms with E-state index in [0.717, 1.165) is 4.31 Å². The van der Waals surface area contributed by atoms with E-state index in [1.54, 1.807) is 0 Å². The number of nitrogens with zero attached hydrogens (tertiary/aromatic N) is 3. The molecule has 3 rings (SSSR count). The van der Waals surface area contributed by atoms with E-state index in [0.29, 0.717) is 5.02 Å². The minimum absolute atomic E-state index is 0.0117. The predicted octanol–water partition coefficient (Wildman–Crippen LogP) is -0.168. The zero-order chi connectivity index (χ0) is 20.7. The average Bonchev–Trinajstić information content (AvgIpc) is 2.99. The number of carbonyl (C=O) groups is 1. The van der Waals surface area contributed by atoms with Gasteiger partial charge in [-0.2, -0.15) is 8.61 Å². The van der Waals surface area contributed by atoms with Gasteiger partial charge < -0.3 is 9.64 Å². The standard InChI is InChI=1S/C16H22ClN3O6S2/c1-18(2)16(21)11-20-14-9-19(10-15(14)26-7-8-27(20,22)23)28(24,25)13-5-3-12(17)4-6-13/h3-6,14-15H,7-11H2,1-2H3/t14-,15+/m1/s1. The lowest BCUT2D eigenvalue weighted by molar-refractivity contribution is -0.129. The fraction of sp³-hybridized carbons (Fsp3) is 0.562. The van der Waals surface area contributed by atoms with E-state index < -0.39 is 32.2 Å². The van der Waals surface area contributed by atoms with Gasteiger partial charge in [-0.15, -0.1) is 0 Å². The van der Waals surface area contributed by atoms with Crippen molar-refractivity contribution in [1.82, 2.24) is 13.5 Å². The first-order valence-electron chi connectivity index (χ1n) is 8.59. The number of amides is 1. The maximum atomic E-state index is 13.0. The summed E-state index contributed by atoms with van der Waals surface area (Å²) in [5.74, 6) is -0.631. The third-order valence-corrected chi connectivity index (χ3v) is 8.74. The molecular weight excluding hydrogens is 430 g/mol. The van der Waals surface area contributed by atoms with Crippen molar-refractivity contribution in [1.29, 1.82) is 0 Å². The minimum Gasteiger partial charge on any atom is -0.374 e. The molecule has 0 radical (unpaired) electrons. The average molecular weight is 452 g/mol. The predicted molar refractivity (Wildman–Crippen MR) is 103 cm³/mol. The van der Waals surface area contributed by atoms with Crippen LogP contribution in [-0.2, 0) is 29.6 Å². The molecule has 2 aliphatic heterocycles. The number of likely N-dealkylation sites (N-methyl/N-ethyl adjacent to an activating group) is 1. The molecule has 2 fully saturated rings. The molecule has 12 heteroatoms. The number of hydrogen-bond acceptors (Lipinski definition) is 6. The highest BCUT2D eigenvalue weighted by molar-refractivity contribution is 7.89. The van der Waals surface area contributed by atoms with Gasteiger partial charge in [0.1, 0.15) is 0 Å². The van der Waals surface area contributed by atoms with Gasteiger partial charge in [-0.3, -0.25) is 4.79 Å². The number of hydrogen-bond donors (Lipinski definition) is 0. The summed E-state index contributed by atoms with van der Waals surface area (Å²) >= 11 is 5.83. The van der Waals surface area contributed by atoms with Crippen molar-refractivity contribution in [3.05, 3.63) is 29.3 Å². The van der Waals surface area contributed by atoms with Crippen LogP contribution in [0, 0.1) is 0 Å². The molecule has 1 amide bonds. The first kappa shape index (κ1) is 21.5. The zero-order valence-electron chi connectivity index (χ0n) is 15.5. The second-order valence-electron chi connectivity index (χ2n) is 6.90. The van der Waals surface area contributed by atoms with Gasteiger partial charge in [0, 0.05) is 32.2 Å². The number of benzene rings is 1. The van der Waals surface area contributed by atoms with E-state index in [-0.39, 0.29) is 42.8 Å². The number of rotatable bonds is 4. The molecule has 2 saturated heterocycles. The van der Waals surface area contributed by atoms with Crippen molar-refractivity contribution >= 4 is 37.6 Å². The van der Waals surface area contributed by atoms with Crippen LogP contribution in [-0.4, -0.2) is 94.5 Å². The first-order valence-corrected chi connectivity index (χ1v) is 12.0. The maximum Gasteiger partial charge on any atom is 0.243 e. The lowest BCUT2D eigenvalue weighted by Crippen LogP contribution is -2.50. The molecule has 9 nitrogen and oxygen atoms in total. The van der Waals surface area contributed by atoms with Crippen LogP contribution in [0.3, 0.4) is 0 Å². The van der Waals surface area contributed by atoms with Crippen molar-refractivity contribution < 1.29 is 26.4 Å². The summed E-state index contributed by atoms with van der Waals surface area (Å²) in [6.45, 7) is -0.479. The summed E-state index contributed by atoms with van der Waals surface area (Å²) in [5.41, 5.74) is 0. The number of sulfonamides is 2. The molecule has 156 valence electrons. The normalized spacial score (nSPS) is 25.8. The van der Waals surface area contributed by atoms with Gasteiger partial charge in [-0.1, -0.05) is 11.6 Å². The zero-order valence-corrected chi connectivity index (χ0v) is 17.9. The second kappa shape index (κ2) is 7.88. The molecule has 28 heavy (non-hydrogen) atoms. The van der Waals surface area contributed by atoms with Gasteiger partial charge >= 0.3 is 0 Å². The van der Waals surface area contributed by atoms with E-state index in [9.17, 15) is 21.6 Å². The highest BCUT2D eigenvalue weighted by Crippen LogP contribution is 2.29. The molecule has 0 N–H and O–H groups in total. The van der Waals surface area contributed by atoms with Crippen LogP contribution in [0.25, 0.3) is 0 Å². The van der Waals surface area contributed by atoms with Gasteiger partial charge in [0.05, 0.1) is 35.9 Å². The molecular formula is C16H22ClN3O6S2. The summed E-state index contributed by atoms with van der Waals surface area (Å²) in [7, 11) is -4.54. The van der Waals surface area contributed by atoms with Crippen LogP contribution in [0.15, 0.2) is 29.2 Å². The SMILES string of the molecule is CN(C)C(=O)CN1[C@@H]2CN(S(=O)(=O)c3ccc(Cl)cc3)C[C@@H]2OCCS1(=O)=O. The van der Waals surface area contributed by atoms with E-state index >= 15 is 0 Å². The second-order valence-corrected chi connectivity index (χ2v) is 11.3. The van der Waals surface area contributed by atoms with Gasteiger partial charge in [-0.25, -0.2) is 16.8 Å². The molecule has 1 aromatic carbocycles. The Morgan fingerprint density at radius 1 is 1.25 bits per heavy atom. The van der Waals surface area contributed by atoms with Crippen LogP contribution >= 0.6 is 11.6 Å². The fourth-order valence-electron chi connectivity index (χ4n) is 3.23. The van der Waals surface area contributed by atoms with E-state index in [4.69, 9.17) is 16.3 Å². The Morgan fingerprint density at radius 3 is 2.50 bits per heavy atom. The van der Waals surface area contributed by atoms with Gasteiger partial charge in [0.25, 0.3) is 0 Å². The maximum absolute atomic E-state index is 13.0. The monoisotopic (exact) mass is 451 g/mol. The van der Waals surface area contributed by atoms with E-state index in [1.807, 2.05) is 0 Å². The fourth-order valence-corrected chi connectivity index (χ4v) is 6.29. The smallest absolute Gasteiger partial charge is 0.243 e. The molecule has 0 aromatic heterocycles. The molecule has 0 saturated carbocycles. The van der Waals surface area contributed by atoms with E-state index in [2.05, 4.69) is 0 Å². The molecule has 2 aliphatic rings. The molecule has 2 heterocycles. The molecule has 1 aromatic rings. The van der Waals surface area contributed by atoms with Crippen LogP contribution in [0.5, 0.6) is 0 Å². The number of carbonyl (C=O) groups excluding carboxylic acids is 1. The van der Waals surface area contributed by atoms with Crippen molar-refractivity contribution in [3.63, 3.8) is 0 Å². The quantitative estimate of drug-likeness (QED) is 0.629. The lowest BCUT2D eigenvalue weighted by Gasteiger charge is -2.28. The minimum atomic E-state index is -3.85. The van der Waals surface area contributed by atoms with Crippen LogP contribution in [0.2, 0.25) is 5.02 Å². The summed E-state index contributed by atoms with van der Waals surface area (Å²) in [5, 5.41) is 0.410. The Kier molecular flexibility index (Phi) is 6.04. The molecule has 0 bridgehead atoms. The largest absolute Gasteiger partial charge is 0.374 e. The Morgan fingerprint density at radius 2 is 1.89 bits per heavy atom. The molecule has 0 spiro atoms. The number of halogens is 1. The summed E-state index contributed by atoms with van der Waals surface area (Å²) < 4.78 is 59.2. The Labute approximate surface area is 169 Å². The summed E-state index contributed by atoms with van der Waals surface area (Å²) in [6, 6.07) is 4.99. The van der Waals surface area contributed by atoms with Crippen LogP contribution in [0.1, 0.15) is 0 Å². The summed E-state index contributed by atoms with van der Waals surface area (Å²) in [4.78, 5) is 13.5. The first-order chi connectivity index (χ1) is 13.0. The van der Waals surface area contributed by atoms with E-state index in [1.165, 1.54) is 47.6 Å². The van der Waals surface area contributed by atoms with Crippen molar-refractivity contribution in [2.24, 2.45) is 0 Å². The number of fused-ring (bicyclic) bond motifs is 1. The Bertz CT molecular complexity index is 949. The van der Waals surface area contributed by atoms with Gasteiger partial charge in [-0.05, 0) is 24.3 Å². The molecule has 2 atom stereocenters. The Hall–Kier alpha value is -1.24. The van der Waals surface area contributed by atoms with Gasteiger partial charge in [0.15, 0.2) is 0 Å². The number of ether oxygens (including phenoxy) is 1. The molecule has 0 unspecified atom stereocenters. The summed E-state index contributed by atoms with van der Waals surface area (Å²) in [6.07, 6.45) is -0.644. The topological polar surface area (TPSA) is 104 Å². The van der Waals surface area contributed by atoms with Crippen molar-refractivity contribution in [3.8, 4) is 0 Å².